The van der Waals surface area contributed by atoms with Crippen molar-refractivity contribution in [2.75, 3.05) is 0 Å². The quantitative estimate of drug-likeness (QED) is 0.822. The number of benzene rings is 1. The first-order valence-electron chi connectivity index (χ1n) is 4.66. The van der Waals surface area contributed by atoms with Crippen molar-refractivity contribution in [3.63, 3.8) is 0 Å². The number of H-pyrrole nitrogens is 1. The molecule has 0 fully saturated rings. The highest BCUT2D eigenvalue weighted by Crippen LogP contribution is 2.35. The largest absolute Gasteiger partial charge is 0.507 e. The van der Waals surface area contributed by atoms with Gasteiger partial charge in [-0.2, -0.15) is 0 Å². The summed E-state index contributed by atoms with van der Waals surface area (Å²) in [5.74, 6) is 0.146. The third-order valence-corrected chi connectivity index (χ3v) is 3.28. The van der Waals surface area contributed by atoms with Crippen LogP contribution in [0.1, 0.15) is 23.0 Å². The van der Waals surface area contributed by atoms with E-state index in [9.17, 15) is 9.90 Å². The first-order valence-corrected chi connectivity index (χ1v) is 5.45. The topological polar surface area (TPSA) is 53.1 Å². The minimum atomic E-state index is 0.146. The second-order valence-electron chi connectivity index (χ2n) is 3.31. The van der Waals surface area contributed by atoms with Gasteiger partial charge in [0.2, 0.25) is 0 Å². The number of fused-ring (bicyclic) bond motifs is 1. The Labute approximate surface area is 95.2 Å². The number of carbonyl (C=O) groups excluding carboxylic acids is 1. The Morgan fingerprint density at radius 2 is 2.27 bits per heavy atom. The van der Waals surface area contributed by atoms with Crippen molar-refractivity contribution in [3.05, 3.63) is 27.9 Å². The van der Waals surface area contributed by atoms with Crippen LogP contribution in [0.5, 0.6) is 5.75 Å². The van der Waals surface area contributed by atoms with Crippen LogP contribution in [0.25, 0.3) is 10.9 Å². The lowest BCUT2D eigenvalue weighted by Gasteiger charge is -1.98. The van der Waals surface area contributed by atoms with Gasteiger partial charge >= 0.3 is 0 Å². The van der Waals surface area contributed by atoms with Crippen molar-refractivity contribution in [3.8, 4) is 5.75 Å². The fourth-order valence-electron chi connectivity index (χ4n) is 1.72. The van der Waals surface area contributed by atoms with E-state index in [2.05, 4.69) is 20.9 Å². The van der Waals surface area contributed by atoms with Gasteiger partial charge in [-0.3, -0.25) is 4.79 Å². The highest BCUT2D eigenvalue weighted by molar-refractivity contribution is 9.10. The number of rotatable bonds is 2. The normalized spacial score (nSPS) is 10.8. The van der Waals surface area contributed by atoms with E-state index in [1.807, 2.05) is 6.92 Å². The minimum absolute atomic E-state index is 0.146. The number of aromatic hydroxyl groups is 1. The zero-order valence-corrected chi connectivity index (χ0v) is 9.76. The summed E-state index contributed by atoms with van der Waals surface area (Å²) in [6.45, 7) is 1.98. The summed E-state index contributed by atoms with van der Waals surface area (Å²) in [6.07, 6.45) is 1.58. The van der Waals surface area contributed by atoms with Crippen LogP contribution in [0, 0.1) is 0 Å². The molecule has 4 heteroatoms. The molecule has 3 nitrogen and oxygen atoms in total. The number of hydrogen-bond donors (Lipinski definition) is 2. The number of aryl methyl sites for hydroxylation is 1. The number of aromatic amines is 1. The highest BCUT2D eigenvalue weighted by atomic mass is 79.9. The van der Waals surface area contributed by atoms with Crippen molar-refractivity contribution in [1.82, 2.24) is 4.98 Å². The van der Waals surface area contributed by atoms with E-state index < -0.39 is 0 Å². The average molecular weight is 268 g/mol. The van der Waals surface area contributed by atoms with Crippen LogP contribution in [0.3, 0.4) is 0 Å². The summed E-state index contributed by atoms with van der Waals surface area (Å²) >= 11 is 3.29. The Kier molecular flexibility index (Phi) is 2.52. The van der Waals surface area contributed by atoms with E-state index >= 15 is 0 Å². The van der Waals surface area contributed by atoms with E-state index in [1.165, 1.54) is 0 Å². The molecule has 0 radical (unpaired) electrons. The first kappa shape index (κ1) is 10.2. The first-order chi connectivity index (χ1) is 7.19. The number of halogens is 1. The molecular weight excluding hydrogens is 258 g/mol. The average Bonchev–Trinajstić information content (AvgIpc) is 2.61. The van der Waals surface area contributed by atoms with Gasteiger partial charge < -0.3 is 10.1 Å². The van der Waals surface area contributed by atoms with Crippen molar-refractivity contribution in [1.29, 1.82) is 0 Å². The number of phenols is 1. The Hall–Kier alpha value is -1.29. The maximum atomic E-state index is 11.0. The van der Waals surface area contributed by atoms with Gasteiger partial charge in [0.1, 0.15) is 5.75 Å². The molecule has 2 N–H and O–H groups in total. The van der Waals surface area contributed by atoms with Crippen molar-refractivity contribution in [2.45, 2.75) is 13.3 Å². The summed E-state index contributed by atoms with van der Waals surface area (Å²) < 4.78 is 0.568. The predicted octanol–water partition coefficient (Wildman–Crippen LogP) is 3.01. The lowest BCUT2D eigenvalue weighted by Crippen LogP contribution is -1.86. The standard InChI is InChI=1S/C11H10BrNO2/c1-2-7-6(5-14)10-8(13-7)3-4-9(15)11(10)12/h3-5,13,15H,2H2,1H3. The van der Waals surface area contributed by atoms with E-state index in [-0.39, 0.29) is 5.75 Å². The molecule has 0 unspecified atom stereocenters. The molecule has 0 aliphatic rings. The SMILES string of the molecule is CCc1[nH]c2ccc(O)c(Br)c2c1C=O. The maximum absolute atomic E-state index is 11.0. The van der Waals surface area contributed by atoms with Crippen LogP contribution in [0.15, 0.2) is 16.6 Å². The molecule has 2 aromatic rings. The summed E-state index contributed by atoms with van der Waals surface area (Å²) in [7, 11) is 0. The van der Waals surface area contributed by atoms with Crippen LogP contribution < -0.4 is 0 Å². The van der Waals surface area contributed by atoms with Gasteiger partial charge in [-0.15, -0.1) is 0 Å². The predicted molar refractivity (Wildman–Crippen MR) is 62.4 cm³/mol. The number of hydrogen-bond acceptors (Lipinski definition) is 2. The lowest BCUT2D eigenvalue weighted by molar-refractivity contribution is 0.112. The summed E-state index contributed by atoms with van der Waals surface area (Å²) in [5.41, 5.74) is 2.38. The smallest absolute Gasteiger partial charge is 0.152 e. The van der Waals surface area contributed by atoms with Gasteiger partial charge in [-0.05, 0) is 34.5 Å². The van der Waals surface area contributed by atoms with Crippen LogP contribution in [-0.2, 0) is 6.42 Å². The zero-order chi connectivity index (χ0) is 11.0. The third-order valence-electron chi connectivity index (χ3n) is 2.47. The van der Waals surface area contributed by atoms with Gasteiger partial charge in [0.15, 0.2) is 6.29 Å². The Balaban J connectivity index is 2.91. The van der Waals surface area contributed by atoms with Crippen LogP contribution in [-0.4, -0.2) is 16.4 Å². The van der Waals surface area contributed by atoms with Crippen LogP contribution >= 0.6 is 15.9 Å². The maximum Gasteiger partial charge on any atom is 0.152 e. The van der Waals surface area contributed by atoms with Crippen molar-refractivity contribution < 1.29 is 9.90 Å². The molecule has 0 spiro atoms. The molecule has 2 rings (SSSR count). The highest BCUT2D eigenvalue weighted by Gasteiger charge is 2.14. The molecule has 0 bridgehead atoms. The number of phenolic OH excluding ortho intramolecular Hbond substituents is 1. The van der Waals surface area contributed by atoms with Crippen molar-refractivity contribution >= 4 is 33.1 Å². The van der Waals surface area contributed by atoms with Crippen LogP contribution in [0.4, 0.5) is 0 Å². The molecule has 1 heterocycles. The van der Waals surface area contributed by atoms with E-state index in [0.717, 1.165) is 29.3 Å². The second-order valence-corrected chi connectivity index (χ2v) is 4.10. The fraction of sp³-hybridized carbons (Fsp3) is 0.182. The molecule has 0 amide bonds. The molecule has 15 heavy (non-hydrogen) atoms. The third kappa shape index (κ3) is 1.45. The molecule has 1 aromatic carbocycles. The molecule has 0 aliphatic carbocycles. The van der Waals surface area contributed by atoms with Gasteiger partial charge in [0, 0.05) is 22.2 Å². The van der Waals surface area contributed by atoms with E-state index in [4.69, 9.17) is 0 Å². The molecule has 0 atom stereocenters. The van der Waals surface area contributed by atoms with Crippen molar-refractivity contribution in [2.24, 2.45) is 0 Å². The number of aldehydes is 1. The molecular formula is C11H10BrNO2. The fourth-order valence-corrected chi connectivity index (χ4v) is 2.28. The molecule has 0 saturated carbocycles. The summed E-state index contributed by atoms with van der Waals surface area (Å²) in [4.78, 5) is 14.2. The van der Waals surface area contributed by atoms with Gasteiger partial charge in [0.05, 0.1) is 4.47 Å². The number of nitrogens with one attached hydrogen (secondary N) is 1. The van der Waals surface area contributed by atoms with Gasteiger partial charge in [-0.25, -0.2) is 0 Å². The zero-order valence-electron chi connectivity index (χ0n) is 8.17. The lowest BCUT2D eigenvalue weighted by atomic mass is 10.1. The van der Waals surface area contributed by atoms with E-state index in [1.54, 1.807) is 12.1 Å². The van der Waals surface area contributed by atoms with Crippen LogP contribution in [0.2, 0.25) is 0 Å². The minimum Gasteiger partial charge on any atom is -0.507 e. The second kappa shape index (κ2) is 3.70. The Bertz CT molecular complexity index is 531. The monoisotopic (exact) mass is 267 g/mol. The summed E-state index contributed by atoms with van der Waals surface area (Å²) in [5, 5.41) is 10.3. The molecule has 0 saturated heterocycles. The number of carbonyl (C=O) groups is 1. The molecule has 78 valence electrons. The molecule has 0 aliphatic heterocycles. The Morgan fingerprint density at radius 3 is 2.87 bits per heavy atom. The van der Waals surface area contributed by atoms with Gasteiger partial charge in [-0.1, -0.05) is 6.92 Å². The molecule has 1 aromatic heterocycles. The summed E-state index contributed by atoms with van der Waals surface area (Å²) in [6, 6.07) is 3.36. The van der Waals surface area contributed by atoms with Gasteiger partial charge in [0.25, 0.3) is 0 Å². The van der Waals surface area contributed by atoms with E-state index in [0.29, 0.717) is 10.0 Å². The number of aromatic nitrogens is 1. The Morgan fingerprint density at radius 1 is 1.53 bits per heavy atom.